The summed E-state index contributed by atoms with van der Waals surface area (Å²) >= 11 is 0. The van der Waals surface area contributed by atoms with E-state index in [0.717, 1.165) is 0 Å². The van der Waals surface area contributed by atoms with Crippen LogP contribution in [0, 0.1) is 5.41 Å². The molecule has 1 aliphatic carbocycles. The minimum atomic E-state index is -3.13. The first-order valence-corrected chi connectivity index (χ1v) is 8.42. The fourth-order valence-corrected chi connectivity index (χ4v) is 5.58. The van der Waals surface area contributed by atoms with Crippen LogP contribution < -0.4 is 5.73 Å². The number of hydrogen-bond donors (Lipinski definition) is 2. The van der Waals surface area contributed by atoms with Gasteiger partial charge in [-0.25, -0.2) is 8.42 Å². The summed E-state index contributed by atoms with van der Waals surface area (Å²) in [5.74, 6) is -0.0766. The highest BCUT2D eigenvalue weighted by molar-refractivity contribution is 7.91. The van der Waals surface area contributed by atoms with Crippen molar-refractivity contribution in [1.29, 1.82) is 0 Å². The second-order valence-electron chi connectivity index (χ2n) is 5.98. The third-order valence-electron chi connectivity index (χ3n) is 4.84. The van der Waals surface area contributed by atoms with Crippen molar-refractivity contribution in [1.82, 2.24) is 0 Å². The van der Waals surface area contributed by atoms with Crippen LogP contribution in [0.15, 0.2) is 24.3 Å². The van der Waals surface area contributed by atoms with E-state index < -0.39 is 20.9 Å². The Kier molecular flexibility index (Phi) is 2.78. The molecule has 5 heteroatoms. The van der Waals surface area contributed by atoms with Crippen LogP contribution in [0.1, 0.15) is 17.5 Å². The third-order valence-corrected chi connectivity index (χ3v) is 6.58. The Labute approximate surface area is 113 Å². The van der Waals surface area contributed by atoms with Crippen LogP contribution >= 0.6 is 0 Å². The molecule has 3 rings (SSSR count). The van der Waals surface area contributed by atoms with E-state index >= 15 is 0 Å². The van der Waals surface area contributed by atoms with Gasteiger partial charge in [-0.1, -0.05) is 24.3 Å². The quantitative estimate of drug-likeness (QED) is 0.816. The maximum Gasteiger partial charge on any atom is 0.153 e. The second kappa shape index (κ2) is 4.04. The highest BCUT2D eigenvalue weighted by Gasteiger charge is 2.57. The standard InChI is InChI=1S/C14H19NO3S/c15-9-13(14(16)5-6-19(17,18)10-14)7-11-3-1-2-4-12(11)8-13/h1-4,16H,5-10,15H2. The first kappa shape index (κ1) is 13.1. The van der Waals surface area contributed by atoms with E-state index in [4.69, 9.17) is 5.73 Å². The molecule has 0 spiro atoms. The number of fused-ring (bicyclic) bond motifs is 1. The van der Waals surface area contributed by atoms with Gasteiger partial charge in [0.1, 0.15) is 0 Å². The summed E-state index contributed by atoms with van der Waals surface area (Å²) in [5, 5.41) is 10.9. The minimum Gasteiger partial charge on any atom is -0.388 e. The zero-order valence-electron chi connectivity index (χ0n) is 10.8. The zero-order chi connectivity index (χ0) is 13.7. The SMILES string of the molecule is NCC1(C2(O)CCS(=O)(=O)C2)Cc2ccccc2C1. The molecule has 0 saturated carbocycles. The van der Waals surface area contributed by atoms with Gasteiger partial charge in [0, 0.05) is 12.0 Å². The molecule has 0 amide bonds. The summed E-state index contributed by atoms with van der Waals surface area (Å²) < 4.78 is 23.5. The Morgan fingerprint density at radius 3 is 2.21 bits per heavy atom. The fraction of sp³-hybridized carbons (Fsp3) is 0.571. The van der Waals surface area contributed by atoms with Crippen molar-refractivity contribution >= 4 is 9.84 Å². The number of sulfone groups is 1. The Hall–Kier alpha value is -0.910. The van der Waals surface area contributed by atoms with Gasteiger partial charge in [0.25, 0.3) is 0 Å². The molecule has 1 aromatic carbocycles. The summed E-state index contributed by atoms with van der Waals surface area (Å²) in [7, 11) is -3.13. The maximum atomic E-state index is 11.7. The van der Waals surface area contributed by atoms with Crippen LogP contribution in [0.2, 0.25) is 0 Å². The number of nitrogens with two attached hydrogens (primary N) is 1. The van der Waals surface area contributed by atoms with Gasteiger partial charge < -0.3 is 10.8 Å². The summed E-state index contributed by atoms with van der Waals surface area (Å²) in [4.78, 5) is 0. The lowest BCUT2D eigenvalue weighted by atomic mass is 9.69. The van der Waals surface area contributed by atoms with Crippen LogP contribution in [0.3, 0.4) is 0 Å². The van der Waals surface area contributed by atoms with Crippen molar-refractivity contribution in [3.8, 4) is 0 Å². The van der Waals surface area contributed by atoms with E-state index in [-0.39, 0.29) is 11.5 Å². The molecule has 1 aliphatic heterocycles. The number of benzene rings is 1. The minimum absolute atomic E-state index is 0.0710. The van der Waals surface area contributed by atoms with Gasteiger partial charge in [0.05, 0.1) is 17.1 Å². The van der Waals surface area contributed by atoms with E-state index in [1.54, 1.807) is 0 Å². The first-order chi connectivity index (χ1) is 8.90. The Morgan fingerprint density at radius 2 is 1.79 bits per heavy atom. The van der Waals surface area contributed by atoms with Crippen molar-refractivity contribution in [3.63, 3.8) is 0 Å². The van der Waals surface area contributed by atoms with Gasteiger partial charge in [-0.05, 0) is 30.4 Å². The largest absolute Gasteiger partial charge is 0.388 e. The Morgan fingerprint density at radius 1 is 1.21 bits per heavy atom. The molecular weight excluding hydrogens is 262 g/mol. The highest BCUT2D eigenvalue weighted by atomic mass is 32.2. The van der Waals surface area contributed by atoms with E-state index in [0.29, 0.717) is 25.8 Å². The van der Waals surface area contributed by atoms with Gasteiger partial charge in [0.15, 0.2) is 9.84 Å². The number of aliphatic hydroxyl groups is 1. The molecule has 1 aromatic rings. The van der Waals surface area contributed by atoms with Crippen LogP contribution in [0.25, 0.3) is 0 Å². The van der Waals surface area contributed by atoms with Crippen molar-refractivity contribution in [2.75, 3.05) is 18.1 Å². The monoisotopic (exact) mass is 281 g/mol. The molecule has 0 aromatic heterocycles. The molecule has 0 radical (unpaired) electrons. The van der Waals surface area contributed by atoms with Crippen LogP contribution in [0.4, 0.5) is 0 Å². The van der Waals surface area contributed by atoms with Gasteiger partial charge in [-0.2, -0.15) is 0 Å². The first-order valence-electron chi connectivity index (χ1n) is 6.59. The summed E-state index contributed by atoms with van der Waals surface area (Å²) in [6.45, 7) is 0.313. The maximum absolute atomic E-state index is 11.7. The van der Waals surface area contributed by atoms with Crippen LogP contribution in [-0.2, 0) is 22.7 Å². The van der Waals surface area contributed by atoms with Gasteiger partial charge in [0.2, 0.25) is 0 Å². The van der Waals surface area contributed by atoms with Crippen molar-refractivity contribution < 1.29 is 13.5 Å². The topological polar surface area (TPSA) is 80.4 Å². The Bertz CT molecular complexity index is 586. The number of rotatable bonds is 2. The molecule has 1 heterocycles. The van der Waals surface area contributed by atoms with E-state index in [1.807, 2.05) is 24.3 Å². The second-order valence-corrected chi connectivity index (χ2v) is 8.16. The third kappa shape index (κ3) is 1.91. The van der Waals surface area contributed by atoms with Gasteiger partial charge in [-0.15, -0.1) is 0 Å². The molecule has 19 heavy (non-hydrogen) atoms. The molecule has 2 aliphatic rings. The number of hydrogen-bond acceptors (Lipinski definition) is 4. The molecule has 3 N–H and O–H groups in total. The zero-order valence-corrected chi connectivity index (χ0v) is 11.6. The molecular formula is C14H19NO3S. The summed E-state index contributed by atoms with van der Waals surface area (Å²) in [5.41, 5.74) is 6.61. The molecule has 104 valence electrons. The van der Waals surface area contributed by atoms with Gasteiger partial charge in [-0.3, -0.25) is 0 Å². The van der Waals surface area contributed by atoms with E-state index in [9.17, 15) is 13.5 Å². The summed E-state index contributed by atoms with van der Waals surface area (Å²) in [6, 6.07) is 8.03. The predicted molar refractivity (Wildman–Crippen MR) is 73.6 cm³/mol. The predicted octanol–water partition coefficient (Wildman–Crippen LogP) is 0.280. The molecule has 1 atom stereocenters. The van der Waals surface area contributed by atoms with Crippen LogP contribution in [-0.4, -0.2) is 37.2 Å². The lowest BCUT2D eigenvalue weighted by molar-refractivity contribution is -0.0546. The summed E-state index contributed by atoms with van der Waals surface area (Å²) in [6.07, 6.45) is 1.65. The molecule has 1 fully saturated rings. The average Bonchev–Trinajstić information content (AvgIpc) is 2.88. The smallest absolute Gasteiger partial charge is 0.153 e. The molecule has 0 bridgehead atoms. The average molecular weight is 281 g/mol. The molecule has 1 unspecified atom stereocenters. The van der Waals surface area contributed by atoms with E-state index in [2.05, 4.69) is 0 Å². The van der Waals surface area contributed by atoms with Gasteiger partial charge >= 0.3 is 0 Å². The molecule has 1 saturated heterocycles. The molecule has 4 nitrogen and oxygen atoms in total. The van der Waals surface area contributed by atoms with Crippen molar-refractivity contribution in [3.05, 3.63) is 35.4 Å². The van der Waals surface area contributed by atoms with Crippen molar-refractivity contribution in [2.45, 2.75) is 24.9 Å². The lowest BCUT2D eigenvalue weighted by Gasteiger charge is -2.41. The lowest BCUT2D eigenvalue weighted by Crippen LogP contribution is -2.54. The Balaban J connectivity index is 2.00. The normalized spacial score (nSPS) is 31.3. The highest BCUT2D eigenvalue weighted by Crippen LogP contribution is 2.48. The van der Waals surface area contributed by atoms with E-state index in [1.165, 1.54) is 11.1 Å². The fourth-order valence-electron chi connectivity index (χ4n) is 3.61. The van der Waals surface area contributed by atoms with Crippen molar-refractivity contribution in [2.24, 2.45) is 11.1 Å². The van der Waals surface area contributed by atoms with Crippen LogP contribution in [0.5, 0.6) is 0 Å².